The molecule has 2 unspecified atom stereocenters. The standard InChI is InChI=1S/C14H20BrFN2/c1-10(11-4-3-7-18(2)9-11)17-14-8-12(15)5-6-13(14)16/h5-6,8,10-11,17H,3-4,7,9H2,1-2H3. The summed E-state index contributed by atoms with van der Waals surface area (Å²) in [7, 11) is 2.15. The summed E-state index contributed by atoms with van der Waals surface area (Å²) < 4.78 is 14.6. The van der Waals surface area contributed by atoms with Crippen molar-refractivity contribution in [3.05, 3.63) is 28.5 Å². The molecule has 0 saturated carbocycles. The summed E-state index contributed by atoms with van der Waals surface area (Å²) in [5.41, 5.74) is 0.588. The normalized spacial score (nSPS) is 22.8. The van der Waals surface area contributed by atoms with Crippen LogP contribution in [0.2, 0.25) is 0 Å². The average Bonchev–Trinajstić information content (AvgIpc) is 2.34. The number of anilines is 1. The lowest BCUT2D eigenvalue weighted by Crippen LogP contribution is -2.40. The number of likely N-dealkylation sites (tertiary alicyclic amines) is 1. The van der Waals surface area contributed by atoms with Crippen LogP contribution in [-0.4, -0.2) is 31.1 Å². The van der Waals surface area contributed by atoms with Gasteiger partial charge in [-0.2, -0.15) is 0 Å². The van der Waals surface area contributed by atoms with Crippen LogP contribution in [0, 0.1) is 11.7 Å². The molecule has 4 heteroatoms. The van der Waals surface area contributed by atoms with Crippen molar-refractivity contribution in [3.63, 3.8) is 0 Å². The minimum absolute atomic E-state index is 0.186. The van der Waals surface area contributed by atoms with Crippen molar-refractivity contribution < 1.29 is 4.39 Å². The molecular formula is C14H20BrFN2. The maximum Gasteiger partial charge on any atom is 0.146 e. The molecule has 0 aromatic heterocycles. The highest BCUT2D eigenvalue weighted by atomic mass is 79.9. The van der Waals surface area contributed by atoms with E-state index >= 15 is 0 Å². The minimum atomic E-state index is -0.186. The third-order valence-corrected chi connectivity index (χ3v) is 4.17. The highest BCUT2D eigenvalue weighted by Crippen LogP contribution is 2.25. The molecular weight excluding hydrogens is 295 g/mol. The van der Waals surface area contributed by atoms with Crippen molar-refractivity contribution in [3.8, 4) is 0 Å². The van der Waals surface area contributed by atoms with E-state index in [9.17, 15) is 4.39 Å². The van der Waals surface area contributed by atoms with Gasteiger partial charge in [0.15, 0.2) is 0 Å². The first kappa shape index (κ1) is 13.8. The molecule has 2 rings (SSSR count). The van der Waals surface area contributed by atoms with Gasteiger partial charge in [0.05, 0.1) is 5.69 Å². The monoisotopic (exact) mass is 314 g/mol. The Balaban J connectivity index is 2.01. The minimum Gasteiger partial charge on any atom is -0.380 e. The maximum atomic E-state index is 13.7. The quantitative estimate of drug-likeness (QED) is 0.914. The first-order valence-electron chi connectivity index (χ1n) is 6.46. The van der Waals surface area contributed by atoms with Crippen molar-refractivity contribution in [1.29, 1.82) is 0 Å². The van der Waals surface area contributed by atoms with Crippen molar-refractivity contribution in [1.82, 2.24) is 4.90 Å². The molecule has 0 aliphatic carbocycles. The predicted molar refractivity (Wildman–Crippen MR) is 77.4 cm³/mol. The van der Waals surface area contributed by atoms with Gasteiger partial charge in [0.25, 0.3) is 0 Å². The summed E-state index contributed by atoms with van der Waals surface area (Å²) in [6.07, 6.45) is 2.45. The number of nitrogens with one attached hydrogen (secondary N) is 1. The van der Waals surface area contributed by atoms with Crippen molar-refractivity contribution in [2.45, 2.75) is 25.8 Å². The second kappa shape index (κ2) is 6.02. The molecule has 0 radical (unpaired) electrons. The van der Waals surface area contributed by atoms with Gasteiger partial charge in [0, 0.05) is 17.1 Å². The first-order chi connectivity index (χ1) is 8.56. The largest absolute Gasteiger partial charge is 0.380 e. The number of benzene rings is 1. The molecule has 1 fully saturated rings. The van der Waals surface area contributed by atoms with Gasteiger partial charge in [0.2, 0.25) is 0 Å². The van der Waals surface area contributed by atoms with Crippen LogP contribution in [0.3, 0.4) is 0 Å². The third kappa shape index (κ3) is 3.45. The third-order valence-electron chi connectivity index (χ3n) is 3.68. The van der Waals surface area contributed by atoms with Gasteiger partial charge in [-0.1, -0.05) is 15.9 Å². The van der Waals surface area contributed by atoms with Gasteiger partial charge in [-0.15, -0.1) is 0 Å². The van der Waals surface area contributed by atoms with E-state index in [1.807, 2.05) is 0 Å². The molecule has 0 amide bonds. The van der Waals surface area contributed by atoms with E-state index in [1.54, 1.807) is 12.1 Å². The van der Waals surface area contributed by atoms with Crippen LogP contribution in [0.1, 0.15) is 19.8 Å². The van der Waals surface area contributed by atoms with Crippen molar-refractivity contribution >= 4 is 21.6 Å². The number of hydrogen-bond donors (Lipinski definition) is 1. The SMILES string of the molecule is CC(Nc1cc(Br)ccc1F)C1CCCN(C)C1. The molecule has 1 heterocycles. The molecule has 1 aliphatic heterocycles. The number of piperidine rings is 1. The van der Waals surface area contributed by atoms with Crippen molar-refractivity contribution in [2.24, 2.45) is 5.92 Å². The molecule has 1 aromatic rings. The Bertz CT molecular complexity index is 411. The highest BCUT2D eigenvalue weighted by molar-refractivity contribution is 9.10. The smallest absolute Gasteiger partial charge is 0.146 e. The number of hydrogen-bond acceptors (Lipinski definition) is 2. The summed E-state index contributed by atoms with van der Waals surface area (Å²) in [6.45, 7) is 4.41. The summed E-state index contributed by atoms with van der Waals surface area (Å²) in [5.74, 6) is 0.399. The fourth-order valence-corrected chi connectivity index (χ4v) is 2.95. The molecule has 100 valence electrons. The Kier molecular flexibility index (Phi) is 4.62. The second-order valence-corrected chi connectivity index (χ2v) is 6.14. The van der Waals surface area contributed by atoms with Crippen LogP contribution < -0.4 is 5.32 Å². The highest BCUT2D eigenvalue weighted by Gasteiger charge is 2.23. The Hall–Kier alpha value is -0.610. The van der Waals surface area contributed by atoms with Crippen molar-refractivity contribution in [2.75, 3.05) is 25.5 Å². The van der Waals surface area contributed by atoms with E-state index in [2.05, 4.69) is 40.1 Å². The van der Waals surface area contributed by atoms with Crippen LogP contribution in [0.5, 0.6) is 0 Å². The van der Waals surface area contributed by atoms with Gasteiger partial charge < -0.3 is 10.2 Å². The van der Waals surface area contributed by atoms with Crippen LogP contribution in [0.15, 0.2) is 22.7 Å². The Morgan fingerprint density at radius 3 is 3.00 bits per heavy atom. The Morgan fingerprint density at radius 1 is 1.50 bits per heavy atom. The van der Waals surface area contributed by atoms with E-state index in [-0.39, 0.29) is 11.9 Å². The molecule has 0 spiro atoms. The van der Waals surface area contributed by atoms with Gasteiger partial charge in [-0.25, -0.2) is 4.39 Å². The molecule has 0 bridgehead atoms. The molecule has 2 nitrogen and oxygen atoms in total. The molecule has 18 heavy (non-hydrogen) atoms. The summed E-state index contributed by atoms with van der Waals surface area (Å²) >= 11 is 3.38. The van der Waals surface area contributed by atoms with Gasteiger partial charge >= 0.3 is 0 Å². The lowest BCUT2D eigenvalue weighted by molar-refractivity contribution is 0.197. The fraction of sp³-hybridized carbons (Fsp3) is 0.571. The van der Waals surface area contributed by atoms with Crippen LogP contribution in [0.4, 0.5) is 10.1 Å². The molecule has 1 aliphatic rings. The van der Waals surface area contributed by atoms with E-state index < -0.39 is 0 Å². The maximum absolute atomic E-state index is 13.7. The Morgan fingerprint density at radius 2 is 2.28 bits per heavy atom. The summed E-state index contributed by atoms with van der Waals surface area (Å²) in [5, 5.41) is 3.31. The average molecular weight is 315 g/mol. The zero-order valence-electron chi connectivity index (χ0n) is 10.9. The fourth-order valence-electron chi connectivity index (χ4n) is 2.59. The zero-order chi connectivity index (χ0) is 13.1. The lowest BCUT2D eigenvalue weighted by atomic mass is 9.92. The molecule has 1 aromatic carbocycles. The van der Waals surface area contributed by atoms with E-state index in [0.717, 1.165) is 11.0 Å². The molecule has 1 N–H and O–H groups in total. The van der Waals surface area contributed by atoms with Crippen LogP contribution in [0.25, 0.3) is 0 Å². The summed E-state index contributed by atoms with van der Waals surface area (Å²) in [6, 6.07) is 5.31. The second-order valence-electron chi connectivity index (χ2n) is 5.22. The van der Waals surface area contributed by atoms with E-state index in [0.29, 0.717) is 11.6 Å². The zero-order valence-corrected chi connectivity index (χ0v) is 12.5. The Labute approximate surface area is 117 Å². The lowest BCUT2D eigenvalue weighted by Gasteiger charge is -2.34. The number of halogens is 2. The molecule has 2 atom stereocenters. The first-order valence-corrected chi connectivity index (χ1v) is 7.25. The van der Waals surface area contributed by atoms with Gasteiger partial charge in [0.1, 0.15) is 5.82 Å². The van der Waals surface area contributed by atoms with E-state index in [4.69, 9.17) is 0 Å². The van der Waals surface area contributed by atoms with Crippen LogP contribution >= 0.6 is 15.9 Å². The number of nitrogens with zero attached hydrogens (tertiary/aromatic N) is 1. The number of rotatable bonds is 3. The predicted octanol–water partition coefficient (Wildman–Crippen LogP) is 3.73. The molecule has 1 saturated heterocycles. The topological polar surface area (TPSA) is 15.3 Å². The summed E-state index contributed by atoms with van der Waals surface area (Å²) in [4.78, 5) is 2.35. The van der Waals surface area contributed by atoms with Crippen LogP contribution in [-0.2, 0) is 0 Å². The van der Waals surface area contributed by atoms with Gasteiger partial charge in [-0.3, -0.25) is 0 Å². The van der Waals surface area contributed by atoms with Gasteiger partial charge in [-0.05, 0) is 57.5 Å². The van der Waals surface area contributed by atoms with E-state index in [1.165, 1.54) is 25.5 Å².